The number of aryl methyl sites for hydroxylation is 1. The van der Waals surface area contributed by atoms with E-state index in [1.807, 2.05) is 36.4 Å². The molecule has 2 aromatic carbocycles. The van der Waals surface area contributed by atoms with Crippen molar-refractivity contribution >= 4 is 27.5 Å². The zero-order valence-electron chi connectivity index (χ0n) is 11.7. The second-order valence-corrected chi connectivity index (χ2v) is 5.82. The van der Waals surface area contributed by atoms with Crippen molar-refractivity contribution in [2.75, 3.05) is 0 Å². The molecule has 0 bridgehead atoms. The van der Waals surface area contributed by atoms with Gasteiger partial charge in [0.2, 0.25) is 0 Å². The van der Waals surface area contributed by atoms with Gasteiger partial charge in [0, 0.05) is 0 Å². The number of fused-ring (bicyclic) bond motifs is 1. The summed E-state index contributed by atoms with van der Waals surface area (Å²) in [6.07, 6.45) is 0.959. The van der Waals surface area contributed by atoms with Crippen molar-refractivity contribution in [2.45, 2.75) is 20.0 Å². The number of ether oxygens (including phenoxy) is 1. The van der Waals surface area contributed by atoms with E-state index in [2.05, 4.69) is 11.9 Å². The highest BCUT2D eigenvalue weighted by molar-refractivity contribution is 7.18. The summed E-state index contributed by atoms with van der Waals surface area (Å²) in [4.78, 5) is 16.4. The third-order valence-corrected chi connectivity index (χ3v) is 4.27. The van der Waals surface area contributed by atoms with E-state index >= 15 is 0 Å². The number of esters is 1. The van der Waals surface area contributed by atoms with Crippen LogP contribution in [0, 0.1) is 0 Å². The van der Waals surface area contributed by atoms with Gasteiger partial charge in [-0.25, -0.2) is 9.78 Å². The van der Waals surface area contributed by atoms with Crippen LogP contribution < -0.4 is 0 Å². The van der Waals surface area contributed by atoms with Crippen LogP contribution in [0.3, 0.4) is 0 Å². The molecule has 4 heteroatoms. The lowest BCUT2D eigenvalue weighted by atomic mass is 10.1. The van der Waals surface area contributed by atoms with Crippen molar-refractivity contribution in [3.63, 3.8) is 0 Å². The maximum absolute atomic E-state index is 12.0. The van der Waals surface area contributed by atoms with Crippen molar-refractivity contribution in [2.24, 2.45) is 0 Å². The van der Waals surface area contributed by atoms with Gasteiger partial charge < -0.3 is 4.74 Å². The number of thiazole rings is 1. The molecule has 0 saturated heterocycles. The van der Waals surface area contributed by atoms with Crippen molar-refractivity contribution in [3.05, 3.63) is 64.7 Å². The van der Waals surface area contributed by atoms with Gasteiger partial charge in [-0.05, 0) is 36.2 Å². The molecule has 21 heavy (non-hydrogen) atoms. The number of benzene rings is 2. The predicted octanol–water partition coefficient (Wildman–Crippen LogP) is 4.22. The van der Waals surface area contributed by atoms with Gasteiger partial charge in [0.1, 0.15) is 11.6 Å². The van der Waals surface area contributed by atoms with Crippen molar-refractivity contribution in [1.29, 1.82) is 0 Å². The van der Waals surface area contributed by atoms with E-state index in [0.717, 1.165) is 21.6 Å². The number of carbonyl (C=O) groups is 1. The molecular weight excluding hydrogens is 282 g/mol. The van der Waals surface area contributed by atoms with Crippen LogP contribution >= 0.6 is 11.3 Å². The molecular formula is C17H15NO2S. The van der Waals surface area contributed by atoms with E-state index in [1.54, 1.807) is 23.5 Å². The van der Waals surface area contributed by atoms with Crippen LogP contribution in [-0.2, 0) is 17.8 Å². The first kappa shape index (κ1) is 13.8. The molecule has 0 radical (unpaired) electrons. The molecule has 0 aliphatic heterocycles. The van der Waals surface area contributed by atoms with Gasteiger partial charge in [-0.15, -0.1) is 11.3 Å². The zero-order chi connectivity index (χ0) is 14.7. The molecule has 0 fully saturated rings. The fraction of sp³-hybridized carbons (Fsp3) is 0.176. The Kier molecular flexibility index (Phi) is 3.97. The zero-order valence-corrected chi connectivity index (χ0v) is 12.5. The molecule has 3 rings (SSSR count). The number of hydrogen-bond acceptors (Lipinski definition) is 4. The quantitative estimate of drug-likeness (QED) is 0.677. The Morgan fingerprint density at radius 2 is 1.90 bits per heavy atom. The molecule has 0 N–H and O–H groups in total. The minimum atomic E-state index is -0.308. The standard InChI is InChI=1S/C17H15NO2S/c1-2-12-7-9-13(10-8-12)17(19)20-11-16-18-14-5-3-4-6-15(14)21-16/h3-10H,2,11H2,1H3. The molecule has 0 aliphatic carbocycles. The highest BCUT2D eigenvalue weighted by Crippen LogP contribution is 2.22. The van der Waals surface area contributed by atoms with Crippen LogP contribution in [0.15, 0.2) is 48.5 Å². The van der Waals surface area contributed by atoms with E-state index in [1.165, 1.54) is 5.56 Å². The molecule has 1 aromatic heterocycles. The van der Waals surface area contributed by atoms with E-state index in [4.69, 9.17) is 4.74 Å². The third kappa shape index (κ3) is 3.11. The van der Waals surface area contributed by atoms with Gasteiger partial charge in [-0.1, -0.05) is 31.2 Å². The summed E-state index contributed by atoms with van der Waals surface area (Å²) in [5.74, 6) is -0.308. The summed E-state index contributed by atoms with van der Waals surface area (Å²) >= 11 is 1.55. The van der Waals surface area contributed by atoms with E-state index in [0.29, 0.717) is 5.56 Å². The number of para-hydroxylation sites is 1. The SMILES string of the molecule is CCc1ccc(C(=O)OCc2nc3ccccc3s2)cc1. The van der Waals surface area contributed by atoms with Crippen LogP contribution in [0.5, 0.6) is 0 Å². The summed E-state index contributed by atoms with van der Waals surface area (Å²) in [5, 5.41) is 0.815. The van der Waals surface area contributed by atoms with E-state index in [-0.39, 0.29) is 12.6 Å². The summed E-state index contributed by atoms with van der Waals surface area (Å²) in [5.41, 5.74) is 2.73. The minimum absolute atomic E-state index is 0.216. The van der Waals surface area contributed by atoms with Gasteiger partial charge in [-0.3, -0.25) is 0 Å². The lowest BCUT2D eigenvalue weighted by molar-refractivity contribution is 0.0472. The predicted molar refractivity (Wildman–Crippen MR) is 84.6 cm³/mol. The highest BCUT2D eigenvalue weighted by atomic mass is 32.1. The van der Waals surface area contributed by atoms with Crippen LogP contribution in [0.2, 0.25) is 0 Å². The number of rotatable bonds is 4. The van der Waals surface area contributed by atoms with Gasteiger partial charge in [-0.2, -0.15) is 0 Å². The maximum atomic E-state index is 12.0. The highest BCUT2D eigenvalue weighted by Gasteiger charge is 2.09. The van der Waals surface area contributed by atoms with Crippen LogP contribution in [0.25, 0.3) is 10.2 Å². The second kappa shape index (κ2) is 6.06. The fourth-order valence-electron chi connectivity index (χ4n) is 2.07. The van der Waals surface area contributed by atoms with Gasteiger partial charge >= 0.3 is 5.97 Å². The van der Waals surface area contributed by atoms with Gasteiger partial charge in [0.25, 0.3) is 0 Å². The van der Waals surface area contributed by atoms with Crippen molar-refractivity contribution in [1.82, 2.24) is 4.98 Å². The average molecular weight is 297 g/mol. The molecule has 0 spiro atoms. The Hall–Kier alpha value is -2.20. The third-order valence-electron chi connectivity index (χ3n) is 3.26. The lowest BCUT2D eigenvalue weighted by Gasteiger charge is -2.03. The Bertz CT molecular complexity index is 729. The van der Waals surface area contributed by atoms with Crippen molar-refractivity contribution < 1.29 is 9.53 Å². The first-order valence-electron chi connectivity index (χ1n) is 6.87. The summed E-state index contributed by atoms with van der Waals surface area (Å²) in [6.45, 7) is 2.30. The second-order valence-electron chi connectivity index (χ2n) is 4.70. The first-order chi connectivity index (χ1) is 10.3. The molecule has 0 saturated carbocycles. The molecule has 0 atom stereocenters. The fourth-order valence-corrected chi connectivity index (χ4v) is 2.95. The molecule has 0 aliphatic rings. The first-order valence-corrected chi connectivity index (χ1v) is 7.68. The summed E-state index contributed by atoms with van der Waals surface area (Å²) in [6, 6.07) is 15.4. The number of nitrogens with zero attached hydrogens (tertiary/aromatic N) is 1. The molecule has 106 valence electrons. The molecule has 0 amide bonds. The molecule has 3 nitrogen and oxygen atoms in total. The summed E-state index contributed by atoms with van der Waals surface area (Å²) in [7, 11) is 0. The molecule has 3 aromatic rings. The molecule has 1 heterocycles. The largest absolute Gasteiger partial charge is 0.455 e. The number of hydrogen-bond donors (Lipinski definition) is 0. The Balaban J connectivity index is 1.67. The van der Waals surface area contributed by atoms with Crippen LogP contribution in [0.1, 0.15) is 27.9 Å². The Labute approximate surface area is 127 Å². The number of aromatic nitrogens is 1. The average Bonchev–Trinajstić information content (AvgIpc) is 2.95. The summed E-state index contributed by atoms with van der Waals surface area (Å²) < 4.78 is 6.43. The lowest BCUT2D eigenvalue weighted by Crippen LogP contribution is -2.05. The Morgan fingerprint density at radius 1 is 1.14 bits per heavy atom. The Morgan fingerprint density at radius 3 is 2.62 bits per heavy atom. The smallest absolute Gasteiger partial charge is 0.338 e. The van der Waals surface area contributed by atoms with E-state index < -0.39 is 0 Å². The van der Waals surface area contributed by atoms with Crippen LogP contribution in [0.4, 0.5) is 0 Å². The molecule has 0 unspecified atom stereocenters. The topological polar surface area (TPSA) is 39.2 Å². The minimum Gasteiger partial charge on any atom is -0.455 e. The van der Waals surface area contributed by atoms with Crippen molar-refractivity contribution in [3.8, 4) is 0 Å². The monoisotopic (exact) mass is 297 g/mol. The number of carbonyl (C=O) groups excluding carboxylic acids is 1. The van der Waals surface area contributed by atoms with Gasteiger partial charge in [0.15, 0.2) is 0 Å². The van der Waals surface area contributed by atoms with Crippen LogP contribution in [-0.4, -0.2) is 11.0 Å². The van der Waals surface area contributed by atoms with E-state index in [9.17, 15) is 4.79 Å². The van der Waals surface area contributed by atoms with Gasteiger partial charge in [0.05, 0.1) is 15.8 Å². The normalized spacial score (nSPS) is 10.7. The maximum Gasteiger partial charge on any atom is 0.338 e.